The van der Waals surface area contributed by atoms with Crippen molar-refractivity contribution in [2.75, 3.05) is 19.0 Å². The summed E-state index contributed by atoms with van der Waals surface area (Å²) in [7, 11) is 1.61. The molecule has 0 radical (unpaired) electrons. The molecule has 146 valence electrons. The second-order valence-electron chi connectivity index (χ2n) is 5.76. The van der Waals surface area contributed by atoms with Gasteiger partial charge in [0.1, 0.15) is 5.75 Å². The van der Waals surface area contributed by atoms with Gasteiger partial charge >= 0.3 is 5.97 Å². The fourth-order valence-electron chi connectivity index (χ4n) is 2.51. The van der Waals surface area contributed by atoms with Crippen molar-refractivity contribution in [2.24, 2.45) is 0 Å². The van der Waals surface area contributed by atoms with Gasteiger partial charge in [-0.2, -0.15) is 0 Å². The Labute approximate surface area is 172 Å². The number of aromatic nitrogens is 3. The van der Waals surface area contributed by atoms with E-state index in [9.17, 15) is 4.79 Å². The zero-order valence-electron chi connectivity index (χ0n) is 15.3. The molecule has 0 atom stereocenters. The van der Waals surface area contributed by atoms with E-state index in [-0.39, 0.29) is 12.3 Å². The quantitative estimate of drug-likeness (QED) is 0.564. The second-order valence-corrected chi connectivity index (χ2v) is 6.61. The van der Waals surface area contributed by atoms with Gasteiger partial charge < -0.3 is 14.8 Å². The molecule has 0 bridgehead atoms. The molecule has 9 heteroatoms. The maximum atomic E-state index is 12.3. The van der Waals surface area contributed by atoms with Gasteiger partial charge in [0, 0.05) is 5.02 Å². The van der Waals surface area contributed by atoms with E-state index < -0.39 is 5.97 Å². The van der Waals surface area contributed by atoms with Crippen molar-refractivity contribution in [3.8, 4) is 5.75 Å². The summed E-state index contributed by atoms with van der Waals surface area (Å²) < 4.78 is 11.8. The van der Waals surface area contributed by atoms with Crippen molar-refractivity contribution in [3.05, 3.63) is 63.8 Å². The van der Waals surface area contributed by atoms with Crippen LogP contribution < -0.4 is 10.1 Å². The molecule has 0 aliphatic carbocycles. The highest BCUT2D eigenvalue weighted by Gasteiger charge is 2.22. The molecule has 1 N–H and O–H groups in total. The summed E-state index contributed by atoms with van der Waals surface area (Å²) in [5.74, 6) is 0.529. The molecule has 0 saturated heterocycles. The summed E-state index contributed by atoms with van der Waals surface area (Å²) in [6.45, 7) is 2.32. The lowest BCUT2D eigenvalue weighted by Gasteiger charge is -2.12. The van der Waals surface area contributed by atoms with Gasteiger partial charge in [-0.1, -0.05) is 40.5 Å². The minimum absolute atomic E-state index is 0.0615. The van der Waals surface area contributed by atoms with E-state index in [4.69, 9.17) is 32.7 Å². The highest BCUT2D eigenvalue weighted by atomic mass is 35.5. The fourth-order valence-corrected chi connectivity index (χ4v) is 2.85. The van der Waals surface area contributed by atoms with Crippen LogP contribution in [0, 0.1) is 0 Å². The predicted octanol–water partition coefficient (Wildman–Crippen LogP) is 4.56. The van der Waals surface area contributed by atoms with Crippen LogP contribution in [0.25, 0.3) is 0 Å². The molecule has 7 nitrogen and oxygen atoms in total. The Kier molecular flexibility index (Phi) is 6.38. The van der Waals surface area contributed by atoms with Crippen molar-refractivity contribution in [3.63, 3.8) is 0 Å². The van der Waals surface area contributed by atoms with Crippen molar-refractivity contribution in [1.29, 1.82) is 0 Å². The molecule has 0 spiro atoms. The monoisotopic (exact) mass is 420 g/mol. The zero-order valence-corrected chi connectivity index (χ0v) is 16.8. The van der Waals surface area contributed by atoms with Crippen LogP contribution in [0.4, 0.5) is 11.5 Å². The molecule has 3 rings (SSSR count). The highest BCUT2D eigenvalue weighted by molar-refractivity contribution is 6.35. The number of benzene rings is 2. The maximum Gasteiger partial charge on any atom is 0.362 e. The third-order valence-electron chi connectivity index (χ3n) is 3.88. The molecule has 1 aromatic heterocycles. The number of esters is 1. The first-order chi connectivity index (χ1) is 13.5. The maximum absolute atomic E-state index is 12.3. The Morgan fingerprint density at radius 3 is 2.61 bits per heavy atom. The van der Waals surface area contributed by atoms with Gasteiger partial charge in [0.05, 0.1) is 31.0 Å². The first-order valence-electron chi connectivity index (χ1n) is 8.47. The Morgan fingerprint density at radius 1 is 1.18 bits per heavy atom. The Morgan fingerprint density at radius 2 is 1.93 bits per heavy atom. The van der Waals surface area contributed by atoms with Crippen molar-refractivity contribution < 1.29 is 14.3 Å². The molecule has 1 heterocycles. The minimum atomic E-state index is -0.580. The molecule has 0 saturated carbocycles. The topological polar surface area (TPSA) is 78.3 Å². The van der Waals surface area contributed by atoms with E-state index in [1.165, 1.54) is 0 Å². The van der Waals surface area contributed by atoms with E-state index in [2.05, 4.69) is 15.6 Å². The van der Waals surface area contributed by atoms with Gasteiger partial charge in [0.2, 0.25) is 5.69 Å². The number of hydrogen-bond acceptors (Lipinski definition) is 6. The fraction of sp³-hybridized carbons (Fsp3) is 0.211. The zero-order chi connectivity index (χ0) is 20.1. The van der Waals surface area contributed by atoms with E-state index in [1.807, 2.05) is 24.3 Å². The number of nitrogens with one attached hydrogen (secondary N) is 1. The number of carbonyl (C=O) groups is 1. The molecular formula is C19H18Cl2N4O3. The highest BCUT2D eigenvalue weighted by Crippen LogP contribution is 2.30. The first kappa shape index (κ1) is 20.0. The summed E-state index contributed by atoms with van der Waals surface area (Å²) >= 11 is 12.3. The molecule has 28 heavy (non-hydrogen) atoms. The summed E-state index contributed by atoms with van der Waals surface area (Å²) in [5, 5.41) is 12.1. The van der Waals surface area contributed by atoms with Gasteiger partial charge in [0.15, 0.2) is 5.82 Å². The van der Waals surface area contributed by atoms with Crippen molar-refractivity contribution in [2.45, 2.75) is 13.5 Å². The normalized spacial score (nSPS) is 10.6. The third-order valence-corrected chi connectivity index (χ3v) is 4.44. The number of halogens is 2. The molecule has 0 aliphatic rings. The van der Waals surface area contributed by atoms with Crippen molar-refractivity contribution in [1.82, 2.24) is 15.0 Å². The van der Waals surface area contributed by atoms with E-state index in [0.717, 1.165) is 11.3 Å². The standard InChI is InChI=1S/C19H18Cl2N4O3/c1-3-28-19(26)17-18(22-16-10-13(20)6-9-15(16)21)25(24-23-17)11-12-4-7-14(27-2)8-5-12/h4-10,22H,3,11H2,1-2H3. The molecular weight excluding hydrogens is 403 g/mol. The van der Waals surface area contributed by atoms with Crippen molar-refractivity contribution >= 4 is 40.7 Å². The predicted molar refractivity (Wildman–Crippen MR) is 108 cm³/mol. The Balaban J connectivity index is 1.97. The van der Waals surface area contributed by atoms with Crippen LogP contribution in [0.5, 0.6) is 5.75 Å². The number of rotatable bonds is 7. The van der Waals surface area contributed by atoms with E-state index in [0.29, 0.717) is 28.1 Å². The van der Waals surface area contributed by atoms with Gasteiger partial charge in [0.25, 0.3) is 0 Å². The third kappa shape index (κ3) is 4.55. The van der Waals surface area contributed by atoms with Crippen LogP contribution in [0.2, 0.25) is 10.0 Å². The van der Waals surface area contributed by atoms with Crippen LogP contribution >= 0.6 is 23.2 Å². The number of hydrogen-bond donors (Lipinski definition) is 1. The number of nitrogens with zero attached hydrogens (tertiary/aromatic N) is 3. The Hall–Kier alpha value is -2.77. The summed E-state index contributed by atoms with van der Waals surface area (Å²) in [6.07, 6.45) is 0. The lowest BCUT2D eigenvalue weighted by molar-refractivity contribution is 0.0520. The largest absolute Gasteiger partial charge is 0.497 e. The van der Waals surface area contributed by atoms with Gasteiger partial charge in [-0.3, -0.25) is 0 Å². The average Bonchev–Trinajstić information content (AvgIpc) is 3.08. The number of ether oxygens (including phenoxy) is 2. The summed E-state index contributed by atoms with van der Waals surface area (Å²) in [5.41, 5.74) is 1.53. The summed E-state index contributed by atoms with van der Waals surface area (Å²) in [4.78, 5) is 12.3. The van der Waals surface area contributed by atoms with Crippen LogP contribution in [-0.4, -0.2) is 34.7 Å². The molecule has 3 aromatic rings. The smallest absolute Gasteiger partial charge is 0.362 e. The van der Waals surface area contributed by atoms with Crippen LogP contribution in [0.1, 0.15) is 23.0 Å². The van der Waals surface area contributed by atoms with Gasteiger partial charge in [-0.15, -0.1) is 5.10 Å². The second kappa shape index (κ2) is 8.95. The number of carbonyl (C=O) groups excluding carboxylic acids is 1. The van der Waals surface area contributed by atoms with Crippen LogP contribution in [-0.2, 0) is 11.3 Å². The molecule has 0 amide bonds. The molecule has 2 aromatic carbocycles. The lowest BCUT2D eigenvalue weighted by Crippen LogP contribution is -2.11. The van der Waals surface area contributed by atoms with Gasteiger partial charge in [-0.25, -0.2) is 9.48 Å². The number of methoxy groups -OCH3 is 1. The number of anilines is 2. The van der Waals surface area contributed by atoms with E-state index in [1.54, 1.807) is 36.9 Å². The molecule has 0 unspecified atom stereocenters. The SMILES string of the molecule is CCOC(=O)c1nnn(Cc2ccc(OC)cc2)c1Nc1cc(Cl)ccc1Cl. The van der Waals surface area contributed by atoms with Crippen LogP contribution in [0.3, 0.4) is 0 Å². The van der Waals surface area contributed by atoms with Gasteiger partial charge in [-0.05, 0) is 42.8 Å². The minimum Gasteiger partial charge on any atom is -0.497 e. The Bertz CT molecular complexity index is 974. The van der Waals surface area contributed by atoms with Crippen LogP contribution in [0.15, 0.2) is 42.5 Å². The van der Waals surface area contributed by atoms with E-state index >= 15 is 0 Å². The molecule has 0 aliphatic heterocycles. The average molecular weight is 421 g/mol. The molecule has 0 fully saturated rings. The first-order valence-corrected chi connectivity index (χ1v) is 9.23. The lowest BCUT2D eigenvalue weighted by atomic mass is 10.2. The summed E-state index contributed by atoms with van der Waals surface area (Å²) in [6, 6.07) is 12.5.